The molecule has 2 N–H and O–H groups in total. The van der Waals surface area contributed by atoms with Crippen LogP contribution in [-0.2, 0) is 17.1 Å². The molecule has 8 heteroatoms. The van der Waals surface area contributed by atoms with Crippen molar-refractivity contribution in [2.75, 3.05) is 0 Å². The number of carbonyl (C=O) groups is 1. The molecule has 0 atom stereocenters. The number of halogens is 1. The molecular weight excluding hydrogens is 362 g/mol. The molecule has 0 unspecified atom stereocenters. The molecule has 0 spiro atoms. The maximum Gasteiger partial charge on any atom is 0.268 e. The summed E-state index contributed by atoms with van der Waals surface area (Å²) in [7, 11) is -2.16. The summed E-state index contributed by atoms with van der Waals surface area (Å²) in [6.45, 7) is 1.80. The Bertz CT molecular complexity index is 1070. The van der Waals surface area contributed by atoms with Crippen molar-refractivity contribution in [2.45, 2.75) is 11.8 Å². The van der Waals surface area contributed by atoms with E-state index in [4.69, 9.17) is 11.6 Å². The van der Waals surface area contributed by atoms with Gasteiger partial charge in [-0.2, -0.15) is 0 Å². The zero-order valence-electron chi connectivity index (χ0n) is 13.6. The Morgan fingerprint density at radius 2 is 1.88 bits per heavy atom. The van der Waals surface area contributed by atoms with Crippen molar-refractivity contribution in [3.05, 3.63) is 64.8 Å². The van der Waals surface area contributed by atoms with Crippen molar-refractivity contribution >= 4 is 38.4 Å². The van der Waals surface area contributed by atoms with Crippen LogP contribution < -0.4 is 10.3 Å². The monoisotopic (exact) mass is 377 g/mol. The van der Waals surface area contributed by atoms with Gasteiger partial charge in [0.2, 0.25) is 0 Å². The van der Waals surface area contributed by atoms with E-state index >= 15 is 0 Å². The standard InChI is InChI=1S/C17H16ClN3O3S/c1-11-7-8-16(14(18)9-11)25(23,24)20-19-17(22)13-10-21(2)15-6-4-3-5-12(13)15/h3-10,20H,1-2H3,(H,19,22). The van der Waals surface area contributed by atoms with E-state index in [0.29, 0.717) is 5.56 Å². The molecule has 1 aromatic heterocycles. The minimum absolute atomic E-state index is 0.0897. The Hall–Kier alpha value is -2.35. The van der Waals surface area contributed by atoms with Crippen molar-refractivity contribution in [1.29, 1.82) is 0 Å². The molecule has 0 saturated carbocycles. The molecular formula is C17H16ClN3O3S. The number of benzene rings is 2. The molecule has 0 radical (unpaired) electrons. The Balaban J connectivity index is 1.84. The van der Waals surface area contributed by atoms with Crippen LogP contribution in [-0.4, -0.2) is 18.9 Å². The van der Waals surface area contributed by atoms with Crippen molar-refractivity contribution < 1.29 is 13.2 Å². The molecule has 0 saturated heterocycles. The molecule has 3 aromatic rings. The van der Waals surface area contributed by atoms with Crippen LogP contribution in [0, 0.1) is 6.92 Å². The lowest BCUT2D eigenvalue weighted by atomic mass is 10.2. The number of carbonyl (C=O) groups excluding carboxylic acids is 1. The predicted molar refractivity (Wildman–Crippen MR) is 96.9 cm³/mol. The van der Waals surface area contributed by atoms with Gasteiger partial charge in [0.15, 0.2) is 0 Å². The van der Waals surface area contributed by atoms with E-state index in [0.717, 1.165) is 16.5 Å². The quantitative estimate of drug-likeness (QED) is 0.686. The number of para-hydroxylation sites is 1. The lowest BCUT2D eigenvalue weighted by molar-refractivity contribution is 0.0946. The van der Waals surface area contributed by atoms with Gasteiger partial charge in [0.1, 0.15) is 4.90 Å². The first-order chi connectivity index (χ1) is 11.8. The van der Waals surface area contributed by atoms with Gasteiger partial charge in [-0.05, 0) is 30.7 Å². The molecule has 3 rings (SSSR count). The molecule has 0 fully saturated rings. The fourth-order valence-corrected chi connectivity index (χ4v) is 4.02. The van der Waals surface area contributed by atoms with Crippen molar-refractivity contribution in [3.63, 3.8) is 0 Å². The van der Waals surface area contributed by atoms with Crippen molar-refractivity contribution in [1.82, 2.24) is 14.8 Å². The van der Waals surface area contributed by atoms with Gasteiger partial charge in [0.25, 0.3) is 15.9 Å². The highest BCUT2D eigenvalue weighted by molar-refractivity contribution is 7.89. The zero-order chi connectivity index (χ0) is 18.2. The van der Waals surface area contributed by atoms with Crippen LogP contribution in [0.1, 0.15) is 15.9 Å². The third-order valence-electron chi connectivity index (χ3n) is 3.82. The number of aromatic nitrogens is 1. The Morgan fingerprint density at radius 3 is 2.60 bits per heavy atom. The van der Waals surface area contributed by atoms with Crippen LogP contribution in [0.4, 0.5) is 0 Å². The van der Waals surface area contributed by atoms with Gasteiger partial charge in [-0.25, -0.2) is 8.42 Å². The van der Waals surface area contributed by atoms with Crippen molar-refractivity contribution in [2.24, 2.45) is 7.05 Å². The van der Waals surface area contributed by atoms with E-state index < -0.39 is 15.9 Å². The van der Waals surface area contributed by atoms with Crippen LogP contribution in [0.25, 0.3) is 10.9 Å². The van der Waals surface area contributed by atoms with Gasteiger partial charge in [-0.15, -0.1) is 4.83 Å². The van der Waals surface area contributed by atoms with Crippen LogP contribution in [0.15, 0.2) is 53.6 Å². The summed E-state index contributed by atoms with van der Waals surface area (Å²) < 4.78 is 26.5. The number of hydrazine groups is 1. The lowest BCUT2D eigenvalue weighted by Crippen LogP contribution is -2.41. The summed E-state index contributed by atoms with van der Waals surface area (Å²) in [6.07, 6.45) is 1.65. The number of hydrogen-bond donors (Lipinski definition) is 2. The summed E-state index contributed by atoms with van der Waals surface area (Å²) in [5.41, 5.74) is 4.32. The van der Waals surface area contributed by atoms with E-state index in [1.54, 1.807) is 35.9 Å². The van der Waals surface area contributed by atoms with E-state index in [1.807, 2.05) is 25.2 Å². The minimum Gasteiger partial charge on any atom is -0.350 e. The Morgan fingerprint density at radius 1 is 1.16 bits per heavy atom. The lowest BCUT2D eigenvalue weighted by Gasteiger charge is -2.10. The highest BCUT2D eigenvalue weighted by Gasteiger charge is 2.20. The highest BCUT2D eigenvalue weighted by atomic mass is 35.5. The number of nitrogens with zero attached hydrogens (tertiary/aromatic N) is 1. The molecule has 25 heavy (non-hydrogen) atoms. The summed E-state index contributed by atoms with van der Waals surface area (Å²) in [4.78, 5) is 14.4. The molecule has 0 aliphatic carbocycles. The summed E-state index contributed by atoms with van der Waals surface area (Å²) in [5, 5.41) is 0.821. The Kier molecular flexibility index (Phi) is 4.55. The van der Waals surface area contributed by atoms with Gasteiger partial charge in [0, 0.05) is 24.1 Å². The first kappa shape index (κ1) is 17.5. The van der Waals surface area contributed by atoms with Crippen LogP contribution >= 0.6 is 11.6 Å². The second-order valence-corrected chi connectivity index (χ2v) is 7.72. The molecule has 0 aliphatic heterocycles. The third-order valence-corrected chi connectivity index (χ3v) is 5.55. The number of amides is 1. The second kappa shape index (κ2) is 6.51. The predicted octanol–water partition coefficient (Wildman–Crippen LogP) is 2.76. The van der Waals surface area contributed by atoms with Crippen LogP contribution in [0.2, 0.25) is 5.02 Å². The molecule has 130 valence electrons. The first-order valence-electron chi connectivity index (χ1n) is 7.42. The SMILES string of the molecule is Cc1ccc(S(=O)(=O)NNC(=O)c2cn(C)c3ccccc23)c(Cl)c1. The van der Waals surface area contributed by atoms with Gasteiger partial charge in [-0.3, -0.25) is 10.2 Å². The zero-order valence-corrected chi connectivity index (χ0v) is 15.1. The highest BCUT2D eigenvalue weighted by Crippen LogP contribution is 2.22. The number of nitrogens with one attached hydrogen (secondary N) is 2. The molecule has 0 bridgehead atoms. The second-order valence-electron chi connectivity index (χ2n) is 5.66. The molecule has 6 nitrogen and oxygen atoms in total. The molecule has 1 heterocycles. The number of hydrogen-bond acceptors (Lipinski definition) is 3. The number of fused-ring (bicyclic) bond motifs is 1. The summed E-state index contributed by atoms with van der Waals surface area (Å²) in [5.74, 6) is -0.552. The summed E-state index contributed by atoms with van der Waals surface area (Å²) in [6, 6.07) is 11.9. The molecule has 2 aromatic carbocycles. The minimum atomic E-state index is -3.98. The molecule has 1 amide bonds. The van der Waals surface area contributed by atoms with E-state index in [1.165, 1.54) is 6.07 Å². The van der Waals surface area contributed by atoms with E-state index in [2.05, 4.69) is 10.3 Å². The summed E-state index contributed by atoms with van der Waals surface area (Å²) >= 11 is 5.99. The fraction of sp³-hybridized carbons (Fsp3) is 0.118. The third kappa shape index (κ3) is 3.39. The van der Waals surface area contributed by atoms with Gasteiger partial charge in [0.05, 0.1) is 10.6 Å². The topological polar surface area (TPSA) is 80.2 Å². The fourth-order valence-electron chi connectivity index (χ4n) is 2.58. The number of sulfonamides is 1. The normalized spacial score (nSPS) is 11.6. The number of rotatable bonds is 4. The van der Waals surface area contributed by atoms with Gasteiger partial charge >= 0.3 is 0 Å². The van der Waals surface area contributed by atoms with Crippen LogP contribution in [0.3, 0.4) is 0 Å². The molecule has 0 aliphatic rings. The van der Waals surface area contributed by atoms with Crippen LogP contribution in [0.5, 0.6) is 0 Å². The smallest absolute Gasteiger partial charge is 0.268 e. The maximum absolute atomic E-state index is 12.4. The van der Waals surface area contributed by atoms with E-state index in [9.17, 15) is 13.2 Å². The number of aryl methyl sites for hydroxylation is 2. The maximum atomic E-state index is 12.4. The van der Waals surface area contributed by atoms with E-state index in [-0.39, 0.29) is 9.92 Å². The van der Waals surface area contributed by atoms with Gasteiger partial charge in [-0.1, -0.05) is 35.9 Å². The van der Waals surface area contributed by atoms with Crippen molar-refractivity contribution in [3.8, 4) is 0 Å². The van der Waals surface area contributed by atoms with Gasteiger partial charge < -0.3 is 4.57 Å². The average molecular weight is 378 g/mol. The largest absolute Gasteiger partial charge is 0.350 e. The first-order valence-corrected chi connectivity index (χ1v) is 9.28. The average Bonchev–Trinajstić information content (AvgIpc) is 2.90. The Labute approximate surface area is 150 Å².